The molecule has 1 heterocycles. The van der Waals surface area contributed by atoms with Gasteiger partial charge in [0.05, 0.1) is 0 Å². The zero-order valence-electron chi connectivity index (χ0n) is 12.6. The molecule has 2 rings (SSSR count). The SMILES string of the molecule is CCC12C[C-](CCC(C)C)CC1(CC)CN(S)C2. The van der Waals surface area contributed by atoms with Crippen molar-refractivity contribution >= 4 is 12.8 Å². The van der Waals surface area contributed by atoms with Gasteiger partial charge in [0.25, 0.3) is 0 Å². The Morgan fingerprint density at radius 3 is 2.00 bits per heavy atom. The van der Waals surface area contributed by atoms with Crippen LogP contribution in [-0.2, 0) is 0 Å². The Hall–Kier alpha value is 0.310. The summed E-state index contributed by atoms with van der Waals surface area (Å²) in [6.07, 6.45) is 8.14. The number of hydrogen-bond donors (Lipinski definition) is 1. The minimum absolute atomic E-state index is 0.538. The van der Waals surface area contributed by atoms with Crippen molar-refractivity contribution in [3.05, 3.63) is 5.92 Å². The highest BCUT2D eigenvalue weighted by atomic mass is 32.1. The van der Waals surface area contributed by atoms with E-state index >= 15 is 0 Å². The lowest BCUT2D eigenvalue weighted by Crippen LogP contribution is -2.35. The quantitative estimate of drug-likeness (QED) is 0.556. The smallest absolute Gasteiger partial charge is 0.0124 e. The van der Waals surface area contributed by atoms with E-state index < -0.39 is 0 Å². The van der Waals surface area contributed by atoms with Crippen LogP contribution in [0.1, 0.15) is 66.2 Å². The Balaban J connectivity index is 2.09. The molecule has 0 aromatic heterocycles. The average Bonchev–Trinajstić information content (AvgIpc) is 2.74. The Morgan fingerprint density at radius 2 is 1.61 bits per heavy atom. The van der Waals surface area contributed by atoms with E-state index in [1.54, 1.807) is 0 Å². The Labute approximate surface area is 119 Å². The molecule has 1 nitrogen and oxygen atoms in total. The first-order valence-corrected chi connectivity index (χ1v) is 8.14. The van der Waals surface area contributed by atoms with E-state index in [1.807, 2.05) is 5.92 Å². The molecule has 2 unspecified atom stereocenters. The van der Waals surface area contributed by atoms with Crippen LogP contribution < -0.4 is 0 Å². The van der Waals surface area contributed by atoms with Crippen LogP contribution in [-0.4, -0.2) is 17.4 Å². The predicted molar refractivity (Wildman–Crippen MR) is 82.6 cm³/mol. The van der Waals surface area contributed by atoms with Gasteiger partial charge in [-0.1, -0.05) is 59.8 Å². The Kier molecular flexibility index (Phi) is 4.38. The number of hydrogen-bond acceptors (Lipinski definition) is 2. The van der Waals surface area contributed by atoms with Crippen LogP contribution in [0.25, 0.3) is 0 Å². The summed E-state index contributed by atoms with van der Waals surface area (Å²) in [5.74, 6) is 2.70. The van der Waals surface area contributed by atoms with Crippen molar-refractivity contribution in [3.8, 4) is 0 Å². The maximum atomic E-state index is 4.65. The largest absolute Gasteiger partial charge is 0.312 e. The summed E-state index contributed by atoms with van der Waals surface area (Å²) in [5, 5.41) is 0. The standard InChI is InChI=1S/C16H30NS/c1-5-15-9-14(8-7-13(3)4)10-16(15,6-2)12-17(18)11-15/h13,18H,5-12H2,1-4H3/q-1. The first-order valence-electron chi connectivity index (χ1n) is 7.74. The van der Waals surface area contributed by atoms with Crippen molar-refractivity contribution in [3.63, 3.8) is 0 Å². The number of rotatable bonds is 5. The molecule has 1 saturated heterocycles. The highest BCUT2D eigenvalue weighted by Gasteiger charge is 2.55. The van der Waals surface area contributed by atoms with Gasteiger partial charge in [0, 0.05) is 13.1 Å². The van der Waals surface area contributed by atoms with Crippen LogP contribution in [0.3, 0.4) is 0 Å². The summed E-state index contributed by atoms with van der Waals surface area (Å²) >= 11 is 4.65. The summed E-state index contributed by atoms with van der Waals surface area (Å²) in [7, 11) is 0. The molecule has 0 spiro atoms. The lowest BCUT2D eigenvalue weighted by molar-refractivity contribution is 0.124. The minimum Gasteiger partial charge on any atom is -0.312 e. The maximum absolute atomic E-state index is 4.65. The van der Waals surface area contributed by atoms with Crippen LogP contribution in [0.5, 0.6) is 0 Å². The van der Waals surface area contributed by atoms with E-state index in [0.717, 1.165) is 5.92 Å². The van der Waals surface area contributed by atoms with Crippen molar-refractivity contribution < 1.29 is 0 Å². The zero-order chi connectivity index (χ0) is 13.4. The zero-order valence-corrected chi connectivity index (χ0v) is 13.5. The molecule has 0 N–H and O–H groups in total. The first kappa shape index (κ1) is 14.7. The van der Waals surface area contributed by atoms with E-state index in [0.29, 0.717) is 10.8 Å². The van der Waals surface area contributed by atoms with Gasteiger partial charge in [0.1, 0.15) is 0 Å². The molecular formula is C16H30NS-. The van der Waals surface area contributed by atoms with Gasteiger partial charge in [0.2, 0.25) is 0 Å². The molecule has 0 radical (unpaired) electrons. The average molecular weight is 268 g/mol. The molecule has 106 valence electrons. The normalized spacial score (nSPS) is 37.7. The summed E-state index contributed by atoms with van der Waals surface area (Å²) in [6, 6.07) is 0. The topological polar surface area (TPSA) is 3.24 Å². The molecule has 2 aliphatic rings. The van der Waals surface area contributed by atoms with E-state index in [1.165, 1.54) is 51.6 Å². The molecule has 1 aliphatic heterocycles. The van der Waals surface area contributed by atoms with Crippen molar-refractivity contribution in [2.75, 3.05) is 13.1 Å². The van der Waals surface area contributed by atoms with E-state index in [9.17, 15) is 0 Å². The molecule has 2 fully saturated rings. The van der Waals surface area contributed by atoms with E-state index in [-0.39, 0.29) is 0 Å². The van der Waals surface area contributed by atoms with E-state index in [4.69, 9.17) is 0 Å². The summed E-state index contributed by atoms with van der Waals surface area (Å²) in [5.41, 5.74) is 1.08. The lowest BCUT2D eigenvalue weighted by Gasteiger charge is -2.41. The van der Waals surface area contributed by atoms with Crippen LogP contribution >= 0.6 is 12.8 Å². The van der Waals surface area contributed by atoms with Gasteiger partial charge in [-0.3, -0.25) is 4.31 Å². The maximum Gasteiger partial charge on any atom is 0.0124 e. The number of nitrogens with zero attached hydrogens (tertiary/aromatic N) is 1. The molecule has 0 aromatic carbocycles. The molecular weight excluding hydrogens is 238 g/mol. The highest BCUT2D eigenvalue weighted by molar-refractivity contribution is 7.77. The summed E-state index contributed by atoms with van der Waals surface area (Å²) in [4.78, 5) is 0. The molecule has 0 amide bonds. The van der Waals surface area contributed by atoms with Crippen molar-refractivity contribution in [1.82, 2.24) is 4.31 Å². The third kappa shape index (κ3) is 2.35. The first-order chi connectivity index (χ1) is 8.47. The minimum atomic E-state index is 0.538. The van der Waals surface area contributed by atoms with Crippen LogP contribution in [0, 0.1) is 22.7 Å². The second-order valence-corrected chi connectivity index (χ2v) is 7.69. The molecule has 2 heteroatoms. The third-order valence-electron chi connectivity index (χ3n) is 5.70. The monoisotopic (exact) mass is 268 g/mol. The summed E-state index contributed by atoms with van der Waals surface area (Å²) < 4.78 is 2.28. The number of thiol groups is 1. The fourth-order valence-electron chi connectivity index (χ4n) is 4.49. The highest BCUT2D eigenvalue weighted by Crippen LogP contribution is 2.64. The van der Waals surface area contributed by atoms with Gasteiger partial charge >= 0.3 is 0 Å². The van der Waals surface area contributed by atoms with E-state index in [2.05, 4.69) is 44.8 Å². The van der Waals surface area contributed by atoms with Gasteiger partial charge in [-0.25, -0.2) is 0 Å². The van der Waals surface area contributed by atoms with Gasteiger partial charge in [0.15, 0.2) is 0 Å². The molecule has 1 saturated carbocycles. The summed E-state index contributed by atoms with van der Waals surface area (Å²) in [6.45, 7) is 11.9. The molecule has 0 aromatic rings. The van der Waals surface area contributed by atoms with Crippen molar-refractivity contribution in [1.29, 1.82) is 0 Å². The second kappa shape index (κ2) is 5.36. The van der Waals surface area contributed by atoms with Gasteiger partial charge in [-0.05, 0) is 16.7 Å². The fraction of sp³-hybridized carbons (Fsp3) is 0.938. The molecule has 18 heavy (non-hydrogen) atoms. The molecule has 1 aliphatic carbocycles. The van der Waals surface area contributed by atoms with Gasteiger partial charge in [-0.2, -0.15) is 19.3 Å². The lowest BCUT2D eigenvalue weighted by atomic mass is 9.65. The molecule has 0 bridgehead atoms. The Morgan fingerprint density at radius 1 is 1.11 bits per heavy atom. The van der Waals surface area contributed by atoms with Crippen LogP contribution in [0.4, 0.5) is 0 Å². The number of fused-ring (bicyclic) bond motifs is 1. The second-order valence-electron chi connectivity index (χ2n) is 7.13. The van der Waals surface area contributed by atoms with Gasteiger partial charge < -0.3 is 5.92 Å². The predicted octanol–water partition coefficient (Wildman–Crippen LogP) is 4.74. The van der Waals surface area contributed by atoms with Gasteiger partial charge in [-0.15, -0.1) is 0 Å². The third-order valence-corrected chi connectivity index (χ3v) is 5.98. The Bertz CT molecular complexity index is 269. The van der Waals surface area contributed by atoms with Crippen LogP contribution in [0.15, 0.2) is 0 Å². The molecule has 2 atom stereocenters. The fourth-order valence-corrected chi connectivity index (χ4v) is 5.03. The van der Waals surface area contributed by atoms with Crippen molar-refractivity contribution in [2.24, 2.45) is 16.7 Å². The van der Waals surface area contributed by atoms with Crippen LogP contribution in [0.2, 0.25) is 0 Å². The van der Waals surface area contributed by atoms with Crippen molar-refractivity contribution in [2.45, 2.75) is 66.2 Å².